The average molecular weight is 306 g/mol. The molecule has 1 aliphatic carbocycles. The van der Waals surface area contributed by atoms with Gasteiger partial charge in [0.1, 0.15) is 0 Å². The van der Waals surface area contributed by atoms with Gasteiger partial charge in [-0.25, -0.2) is 9.78 Å². The number of nitrogens with one attached hydrogen (secondary N) is 1. The van der Waals surface area contributed by atoms with E-state index < -0.39 is 0 Å². The summed E-state index contributed by atoms with van der Waals surface area (Å²) in [6.45, 7) is 0.584. The smallest absolute Gasteiger partial charge is 0.339 e. The molecular weight excluding hydrogens is 290 g/mol. The van der Waals surface area contributed by atoms with Crippen LogP contribution in [0.3, 0.4) is 0 Å². The molecule has 0 aliphatic heterocycles. The number of hydrogen-bond donors (Lipinski definition) is 1. The maximum Gasteiger partial charge on any atom is 0.339 e. The topological polar surface area (TPSA) is 56.1 Å². The van der Waals surface area contributed by atoms with Crippen molar-refractivity contribution in [2.75, 3.05) is 12.4 Å². The summed E-state index contributed by atoms with van der Waals surface area (Å²) < 4.78 is 6.96. The molecule has 21 heavy (non-hydrogen) atoms. The quantitative estimate of drug-likeness (QED) is 0.861. The Balaban J connectivity index is 1.79. The summed E-state index contributed by atoms with van der Waals surface area (Å²) >= 11 is 6.01. The van der Waals surface area contributed by atoms with Crippen LogP contribution >= 0.6 is 11.6 Å². The summed E-state index contributed by atoms with van der Waals surface area (Å²) in [5, 5.41) is 3.82. The zero-order valence-electron chi connectivity index (χ0n) is 11.7. The highest BCUT2D eigenvalue weighted by Gasteiger charge is 2.25. The maximum atomic E-state index is 11.8. The van der Waals surface area contributed by atoms with Gasteiger partial charge < -0.3 is 14.6 Å². The van der Waals surface area contributed by atoms with Gasteiger partial charge in [-0.15, -0.1) is 0 Å². The first-order valence-electron chi connectivity index (χ1n) is 6.81. The zero-order chi connectivity index (χ0) is 14.8. The lowest BCUT2D eigenvalue weighted by Gasteiger charge is -2.12. The minimum atomic E-state index is -0.384. The molecule has 0 atom stereocenters. The number of aromatic nitrogens is 2. The Labute approximate surface area is 127 Å². The van der Waals surface area contributed by atoms with Gasteiger partial charge in [0.05, 0.1) is 36.9 Å². The van der Waals surface area contributed by atoms with E-state index >= 15 is 0 Å². The lowest BCUT2D eigenvalue weighted by atomic mass is 10.1. The summed E-state index contributed by atoms with van der Waals surface area (Å²) in [6, 6.07) is 5.64. The van der Waals surface area contributed by atoms with Crippen LogP contribution in [0.5, 0.6) is 0 Å². The third kappa shape index (κ3) is 3.03. The third-order valence-corrected chi connectivity index (χ3v) is 3.77. The minimum Gasteiger partial charge on any atom is -0.465 e. The molecule has 0 bridgehead atoms. The Morgan fingerprint density at radius 3 is 3.05 bits per heavy atom. The Morgan fingerprint density at radius 1 is 1.52 bits per heavy atom. The molecule has 6 heteroatoms. The van der Waals surface area contributed by atoms with Gasteiger partial charge in [-0.05, 0) is 31.0 Å². The van der Waals surface area contributed by atoms with Crippen molar-refractivity contribution >= 4 is 23.3 Å². The van der Waals surface area contributed by atoms with Crippen LogP contribution in [-0.4, -0.2) is 22.6 Å². The fourth-order valence-corrected chi connectivity index (χ4v) is 2.46. The lowest BCUT2D eigenvalue weighted by Crippen LogP contribution is -2.10. The number of rotatable bonds is 5. The molecule has 110 valence electrons. The van der Waals surface area contributed by atoms with Gasteiger partial charge in [0.2, 0.25) is 0 Å². The summed E-state index contributed by atoms with van der Waals surface area (Å²) in [7, 11) is 1.36. The predicted molar refractivity (Wildman–Crippen MR) is 80.6 cm³/mol. The van der Waals surface area contributed by atoms with Gasteiger partial charge in [-0.2, -0.15) is 0 Å². The number of halogens is 1. The highest BCUT2D eigenvalue weighted by atomic mass is 35.5. The highest BCUT2D eigenvalue weighted by molar-refractivity contribution is 6.31. The van der Waals surface area contributed by atoms with E-state index in [1.807, 2.05) is 12.5 Å². The van der Waals surface area contributed by atoms with Crippen molar-refractivity contribution in [3.05, 3.63) is 47.0 Å². The Morgan fingerprint density at radius 2 is 2.33 bits per heavy atom. The molecule has 0 unspecified atom stereocenters. The number of nitrogens with zero attached hydrogens (tertiary/aromatic N) is 2. The van der Waals surface area contributed by atoms with Gasteiger partial charge in [0.15, 0.2) is 0 Å². The van der Waals surface area contributed by atoms with E-state index in [1.54, 1.807) is 18.2 Å². The second-order valence-corrected chi connectivity index (χ2v) is 5.49. The van der Waals surface area contributed by atoms with E-state index in [1.165, 1.54) is 20.0 Å². The molecule has 1 fully saturated rings. The van der Waals surface area contributed by atoms with Crippen LogP contribution in [0.25, 0.3) is 0 Å². The van der Waals surface area contributed by atoms with Crippen LogP contribution in [0.4, 0.5) is 5.69 Å². The molecule has 1 saturated carbocycles. The van der Waals surface area contributed by atoms with Crippen LogP contribution < -0.4 is 5.32 Å². The summed E-state index contributed by atoms with van der Waals surface area (Å²) in [4.78, 5) is 16.0. The standard InChI is InChI=1S/C15H16ClN3O2/c1-21-15(20)13-5-2-10(16)6-14(13)18-8-12-7-17-9-19(12)11-3-4-11/h2,5-7,9,11,18H,3-4,8H2,1H3. The van der Waals surface area contributed by atoms with Crippen molar-refractivity contribution in [1.29, 1.82) is 0 Å². The average Bonchev–Trinajstić information content (AvgIpc) is 3.23. The van der Waals surface area contributed by atoms with Crippen molar-refractivity contribution < 1.29 is 9.53 Å². The summed E-state index contributed by atoms with van der Waals surface area (Å²) in [5.74, 6) is -0.384. The normalized spacial score (nSPS) is 14.0. The molecular formula is C15H16ClN3O2. The Kier molecular flexibility index (Phi) is 3.84. The van der Waals surface area contributed by atoms with E-state index in [9.17, 15) is 4.79 Å². The molecule has 1 aromatic heterocycles. The van der Waals surface area contributed by atoms with Crippen molar-refractivity contribution in [1.82, 2.24) is 9.55 Å². The number of imidazole rings is 1. The summed E-state index contributed by atoms with van der Waals surface area (Å²) in [5.41, 5.74) is 2.23. The molecule has 0 saturated heterocycles. The number of carbonyl (C=O) groups is 1. The van der Waals surface area contributed by atoms with Gasteiger partial charge in [0, 0.05) is 17.3 Å². The number of hydrogen-bond acceptors (Lipinski definition) is 4. The second kappa shape index (κ2) is 5.77. The number of anilines is 1. The number of methoxy groups -OCH3 is 1. The molecule has 5 nitrogen and oxygen atoms in total. The number of esters is 1. The summed E-state index contributed by atoms with van der Waals surface area (Å²) in [6.07, 6.45) is 6.10. The van der Waals surface area contributed by atoms with Crippen LogP contribution in [0, 0.1) is 0 Å². The van der Waals surface area contributed by atoms with Crippen molar-refractivity contribution in [2.24, 2.45) is 0 Å². The van der Waals surface area contributed by atoms with Gasteiger partial charge >= 0.3 is 5.97 Å². The molecule has 0 amide bonds. The molecule has 2 aromatic rings. The largest absolute Gasteiger partial charge is 0.465 e. The zero-order valence-corrected chi connectivity index (χ0v) is 12.4. The van der Waals surface area contributed by atoms with Crippen molar-refractivity contribution in [3.63, 3.8) is 0 Å². The maximum absolute atomic E-state index is 11.8. The SMILES string of the molecule is COC(=O)c1ccc(Cl)cc1NCc1cncn1C1CC1. The van der Waals surface area contributed by atoms with E-state index in [0.29, 0.717) is 28.9 Å². The lowest BCUT2D eigenvalue weighted by molar-refractivity contribution is 0.0602. The van der Waals surface area contributed by atoms with E-state index in [4.69, 9.17) is 16.3 Å². The van der Waals surface area contributed by atoms with Crippen LogP contribution in [-0.2, 0) is 11.3 Å². The minimum absolute atomic E-state index is 0.384. The monoisotopic (exact) mass is 305 g/mol. The first-order chi connectivity index (χ1) is 10.2. The predicted octanol–water partition coefficient (Wildman–Crippen LogP) is 3.27. The molecule has 0 spiro atoms. The van der Waals surface area contributed by atoms with Crippen LogP contribution in [0.15, 0.2) is 30.7 Å². The molecule has 1 N–H and O–H groups in total. The van der Waals surface area contributed by atoms with Crippen molar-refractivity contribution in [3.8, 4) is 0 Å². The fourth-order valence-electron chi connectivity index (χ4n) is 2.29. The Bertz CT molecular complexity index is 665. The van der Waals surface area contributed by atoms with E-state index in [-0.39, 0.29) is 5.97 Å². The molecule has 1 heterocycles. The Hall–Kier alpha value is -2.01. The first-order valence-corrected chi connectivity index (χ1v) is 7.19. The number of carbonyl (C=O) groups excluding carboxylic acids is 1. The fraction of sp³-hybridized carbons (Fsp3) is 0.333. The molecule has 3 rings (SSSR count). The van der Waals surface area contributed by atoms with Crippen LogP contribution in [0.1, 0.15) is 34.9 Å². The second-order valence-electron chi connectivity index (χ2n) is 5.06. The van der Waals surface area contributed by atoms with Gasteiger partial charge in [-0.1, -0.05) is 11.6 Å². The van der Waals surface area contributed by atoms with Crippen LogP contribution in [0.2, 0.25) is 5.02 Å². The molecule has 0 radical (unpaired) electrons. The van der Waals surface area contributed by atoms with Crippen molar-refractivity contribution in [2.45, 2.75) is 25.4 Å². The van der Waals surface area contributed by atoms with Gasteiger partial charge in [-0.3, -0.25) is 0 Å². The first kappa shape index (κ1) is 13.9. The number of ether oxygens (including phenoxy) is 1. The highest BCUT2D eigenvalue weighted by Crippen LogP contribution is 2.35. The molecule has 1 aromatic carbocycles. The number of benzene rings is 1. The third-order valence-electron chi connectivity index (χ3n) is 3.53. The van der Waals surface area contributed by atoms with E-state index in [0.717, 1.165) is 5.69 Å². The molecule has 1 aliphatic rings. The van der Waals surface area contributed by atoms with Gasteiger partial charge in [0.25, 0.3) is 0 Å². The van der Waals surface area contributed by atoms with E-state index in [2.05, 4.69) is 14.9 Å².